The monoisotopic (exact) mass is 358 g/mol. The van der Waals surface area contributed by atoms with Crippen molar-refractivity contribution in [1.82, 2.24) is 0 Å². The molecule has 0 aliphatic rings. The maximum atomic E-state index is 11.0. The van der Waals surface area contributed by atoms with Crippen molar-refractivity contribution in [2.45, 2.75) is 56.8 Å². The van der Waals surface area contributed by atoms with Crippen LogP contribution in [-0.2, 0) is 16.5 Å². The van der Waals surface area contributed by atoms with Crippen LogP contribution in [0, 0.1) is 0 Å². The van der Waals surface area contributed by atoms with E-state index in [0.717, 1.165) is 17.2 Å². The van der Waals surface area contributed by atoms with Gasteiger partial charge in [0.15, 0.2) is 0 Å². The van der Waals surface area contributed by atoms with Gasteiger partial charge in [0.1, 0.15) is 10.1 Å². The van der Waals surface area contributed by atoms with Crippen LogP contribution in [0.15, 0.2) is 41.3 Å². The van der Waals surface area contributed by atoms with Crippen LogP contribution < -0.4 is 51.4 Å². The minimum atomic E-state index is -4.38. The first kappa shape index (κ1) is 21.3. The molecule has 2 aromatic rings. The minimum absolute atomic E-state index is 0. The van der Waals surface area contributed by atoms with Crippen molar-refractivity contribution in [1.29, 1.82) is 0 Å². The average Bonchev–Trinajstić information content (AvgIpc) is 2.49. The smallest absolute Gasteiger partial charge is 0.744 e. The fourth-order valence-electron chi connectivity index (χ4n) is 2.69. The fraction of sp³-hybridized carbons (Fsp3) is 0.444. The molecule has 2 aromatic carbocycles. The van der Waals surface area contributed by atoms with Crippen molar-refractivity contribution < 1.29 is 64.4 Å². The summed E-state index contributed by atoms with van der Waals surface area (Å²) < 4.78 is 33.1. The van der Waals surface area contributed by atoms with Crippen LogP contribution in [0.25, 0.3) is 10.8 Å². The molecule has 3 nitrogen and oxygen atoms in total. The molecule has 0 heterocycles. The quantitative estimate of drug-likeness (QED) is 0.410. The van der Waals surface area contributed by atoms with Gasteiger partial charge in [-0.1, -0.05) is 63.3 Å². The Hall–Kier alpha value is 0.246. The van der Waals surface area contributed by atoms with Crippen molar-refractivity contribution >= 4 is 20.9 Å². The summed E-state index contributed by atoms with van der Waals surface area (Å²) in [7, 11) is -4.38. The van der Waals surface area contributed by atoms with Gasteiger partial charge in [0, 0.05) is 0 Å². The SMILES string of the molecule is CCCCCCCCc1ccc2cc(S(=O)(=O)[O-])ccc2c1.[K+]. The number of hydrogen-bond donors (Lipinski definition) is 0. The molecule has 0 amide bonds. The second-order valence-corrected chi connectivity index (χ2v) is 7.19. The zero-order valence-electron chi connectivity index (χ0n) is 14.0. The molecule has 0 atom stereocenters. The van der Waals surface area contributed by atoms with Gasteiger partial charge in [-0.15, -0.1) is 0 Å². The normalized spacial score (nSPS) is 11.4. The first-order chi connectivity index (χ1) is 10.5. The first-order valence-electron chi connectivity index (χ1n) is 7.99. The summed E-state index contributed by atoms with van der Waals surface area (Å²) in [6.45, 7) is 2.22. The van der Waals surface area contributed by atoms with E-state index in [2.05, 4.69) is 13.0 Å². The maximum absolute atomic E-state index is 11.0. The van der Waals surface area contributed by atoms with Crippen LogP contribution >= 0.6 is 0 Å². The summed E-state index contributed by atoms with van der Waals surface area (Å²) in [5, 5.41) is 1.78. The number of unbranched alkanes of at least 4 members (excludes halogenated alkanes) is 5. The molecule has 0 radical (unpaired) electrons. The summed E-state index contributed by atoms with van der Waals surface area (Å²) >= 11 is 0. The second-order valence-electron chi connectivity index (χ2n) is 5.82. The van der Waals surface area contributed by atoms with E-state index >= 15 is 0 Å². The number of hydrogen-bond acceptors (Lipinski definition) is 3. The van der Waals surface area contributed by atoms with Gasteiger partial charge in [-0.2, -0.15) is 0 Å². The van der Waals surface area contributed by atoms with Gasteiger partial charge in [0.05, 0.1) is 4.90 Å². The van der Waals surface area contributed by atoms with Crippen molar-refractivity contribution in [3.63, 3.8) is 0 Å². The molecule has 0 bridgehead atoms. The molecule has 0 aliphatic heterocycles. The van der Waals surface area contributed by atoms with Crippen LogP contribution in [0.3, 0.4) is 0 Å². The number of benzene rings is 2. The Labute approximate surface area is 182 Å². The summed E-state index contributed by atoms with van der Waals surface area (Å²) in [6, 6.07) is 10.6. The predicted molar refractivity (Wildman–Crippen MR) is 89.0 cm³/mol. The molecule has 0 saturated carbocycles. The molecule has 0 unspecified atom stereocenters. The molecule has 0 aromatic heterocycles. The van der Waals surface area contributed by atoms with E-state index in [4.69, 9.17) is 0 Å². The van der Waals surface area contributed by atoms with Crippen LogP contribution in [0.1, 0.15) is 51.0 Å². The Morgan fingerprint density at radius 2 is 1.48 bits per heavy atom. The van der Waals surface area contributed by atoms with E-state index in [1.807, 2.05) is 12.1 Å². The Morgan fingerprint density at radius 3 is 2.17 bits per heavy atom. The van der Waals surface area contributed by atoms with Crippen LogP contribution in [0.4, 0.5) is 0 Å². The number of fused-ring (bicyclic) bond motifs is 1. The third kappa shape index (κ3) is 6.94. The van der Waals surface area contributed by atoms with Gasteiger partial charge in [-0.05, 0) is 41.3 Å². The molecular formula is C18H23KO3S. The van der Waals surface area contributed by atoms with Crippen LogP contribution in [-0.4, -0.2) is 13.0 Å². The van der Waals surface area contributed by atoms with E-state index in [0.29, 0.717) is 0 Å². The van der Waals surface area contributed by atoms with Crippen molar-refractivity contribution in [2.75, 3.05) is 0 Å². The Kier molecular flexibility index (Phi) is 9.52. The topological polar surface area (TPSA) is 57.2 Å². The van der Waals surface area contributed by atoms with Crippen molar-refractivity contribution in [2.24, 2.45) is 0 Å². The maximum Gasteiger partial charge on any atom is 1.00 e. The number of aryl methyl sites for hydroxylation is 1. The Balaban J connectivity index is 0.00000264. The molecule has 2 rings (SSSR count). The summed E-state index contributed by atoms with van der Waals surface area (Å²) in [5.41, 5.74) is 1.26. The second kappa shape index (κ2) is 10.3. The molecule has 0 N–H and O–H groups in total. The first-order valence-corrected chi connectivity index (χ1v) is 9.40. The zero-order chi connectivity index (χ0) is 16.0. The summed E-state index contributed by atoms with van der Waals surface area (Å²) in [6.07, 6.45) is 8.69. The van der Waals surface area contributed by atoms with Crippen LogP contribution in [0.2, 0.25) is 0 Å². The van der Waals surface area contributed by atoms with Gasteiger partial charge in [-0.3, -0.25) is 0 Å². The average molecular weight is 359 g/mol. The molecule has 23 heavy (non-hydrogen) atoms. The summed E-state index contributed by atoms with van der Waals surface area (Å²) in [4.78, 5) is -0.163. The van der Waals surface area contributed by atoms with E-state index in [9.17, 15) is 13.0 Å². The Bertz CT molecular complexity index is 726. The molecule has 0 aliphatic carbocycles. The fourth-order valence-corrected chi connectivity index (χ4v) is 3.20. The van der Waals surface area contributed by atoms with Gasteiger partial charge >= 0.3 is 51.4 Å². The number of rotatable bonds is 8. The molecule has 0 spiro atoms. The molecule has 0 saturated heterocycles. The zero-order valence-corrected chi connectivity index (χ0v) is 18.0. The van der Waals surface area contributed by atoms with Crippen molar-refractivity contribution in [3.05, 3.63) is 42.0 Å². The Morgan fingerprint density at radius 1 is 0.870 bits per heavy atom. The largest absolute Gasteiger partial charge is 1.00 e. The van der Waals surface area contributed by atoms with Gasteiger partial charge < -0.3 is 4.55 Å². The molecule has 120 valence electrons. The van der Waals surface area contributed by atoms with Gasteiger partial charge in [-0.25, -0.2) is 8.42 Å². The third-order valence-electron chi connectivity index (χ3n) is 3.98. The van der Waals surface area contributed by atoms with Crippen molar-refractivity contribution in [3.8, 4) is 0 Å². The minimum Gasteiger partial charge on any atom is -0.744 e. The predicted octanol–water partition coefficient (Wildman–Crippen LogP) is 1.65. The third-order valence-corrected chi connectivity index (χ3v) is 4.82. The van der Waals surface area contributed by atoms with E-state index in [1.54, 1.807) is 6.07 Å². The molecular weight excluding hydrogens is 335 g/mol. The molecule has 0 fully saturated rings. The van der Waals surface area contributed by atoms with Gasteiger partial charge in [0.25, 0.3) is 0 Å². The molecule has 5 heteroatoms. The van der Waals surface area contributed by atoms with E-state index in [1.165, 1.54) is 56.2 Å². The standard InChI is InChI=1S/C18H24O3S.K/c1-2-3-4-5-6-7-8-15-9-10-17-14-18(22(19,20)21)12-11-16(17)13-15;/h9-14H,2-8H2,1H3,(H,19,20,21);/q;+1/p-1. The summed E-state index contributed by atoms with van der Waals surface area (Å²) in [5.74, 6) is 0. The van der Waals surface area contributed by atoms with E-state index in [-0.39, 0.29) is 56.3 Å². The van der Waals surface area contributed by atoms with Crippen LogP contribution in [0.5, 0.6) is 0 Å². The van der Waals surface area contributed by atoms with E-state index < -0.39 is 10.1 Å². The van der Waals surface area contributed by atoms with Gasteiger partial charge in [0.2, 0.25) is 0 Å².